The molecule has 8 rings (SSSR count). The zero-order valence-electron chi connectivity index (χ0n) is 23.5. The molecule has 0 amide bonds. The lowest BCUT2D eigenvalue weighted by molar-refractivity contribution is -0.139. The van der Waals surface area contributed by atoms with Crippen molar-refractivity contribution in [1.29, 1.82) is 0 Å². The fraction of sp³-hybridized carbons (Fsp3) is 0.194. The molecule has 2 heterocycles. The predicted octanol–water partition coefficient (Wildman–Crippen LogP) is 7.91. The maximum atomic E-state index is 15.7. The third-order valence-electron chi connectivity index (χ3n) is 9.55. The van der Waals surface area contributed by atoms with Crippen molar-refractivity contribution in [1.82, 2.24) is 4.98 Å². The van der Waals surface area contributed by atoms with Crippen LogP contribution in [-0.4, -0.2) is 21.8 Å². The van der Waals surface area contributed by atoms with E-state index in [4.69, 9.17) is 9.73 Å². The maximum absolute atomic E-state index is 15.7. The Labute approximate surface area is 250 Å². The first-order valence-corrected chi connectivity index (χ1v) is 14.4. The molecule has 2 aliphatic carbocycles. The Balaban J connectivity index is 1.16. The first kappa shape index (κ1) is 26.6. The summed E-state index contributed by atoms with van der Waals surface area (Å²) in [5.74, 6) is -4.50. The van der Waals surface area contributed by atoms with Gasteiger partial charge in [-0.15, -0.1) is 0 Å². The van der Waals surface area contributed by atoms with Crippen LogP contribution in [0, 0.1) is 29.3 Å². The molecule has 5 nitrogen and oxygen atoms in total. The predicted molar refractivity (Wildman–Crippen MR) is 160 cm³/mol. The van der Waals surface area contributed by atoms with Crippen molar-refractivity contribution in [2.24, 2.45) is 16.8 Å². The number of aliphatic carboxylic acids is 1. The largest absolute Gasteiger partial charge is 0.487 e. The van der Waals surface area contributed by atoms with Crippen LogP contribution >= 0.6 is 0 Å². The number of aliphatic imine (C=N–C) groups is 1. The van der Waals surface area contributed by atoms with Gasteiger partial charge in [0.2, 0.25) is 0 Å². The summed E-state index contributed by atoms with van der Waals surface area (Å²) in [6, 6.07) is 23.8. The van der Waals surface area contributed by atoms with E-state index in [1.807, 2.05) is 61.5 Å². The zero-order chi connectivity index (χ0) is 30.3. The van der Waals surface area contributed by atoms with Gasteiger partial charge in [-0.1, -0.05) is 49.4 Å². The average molecular weight is 591 g/mol. The number of ether oxygens (including phenoxy) is 1. The summed E-state index contributed by atoms with van der Waals surface area (Å²) in [6.45, 7) is 2.10. The number of fused-ring (bicyclic) bond motifs is 9. The molecule has 44 heavy (non-hydrogen) atoms. The third kappa shape index (κ3) is 3.97. The molecule has 1 N–H and O–H groups in total. The topological polar surface area (TPSA) is 71.8 Å². The van der Waals surface area contributed by atoms with Crippen LogP contribution in [0.25, 0.3) is 22.0 Å². The van der Waals surface area contributed by atoms with Crippen molar-refractivity contribution >= 4 is 28.3 Å². The summed E-state index contributed by atoms with van der Waals surface area (Å²) in [6.07, 6.45) is 0.295. The molecular weight excluding hydrogens is 565 g/mol. The van der Waals surface area contributed by atoms with Crippen LogP contribution in [0.15, 0.2) is 89.9 Å². The van der Waals surface area contributed by atoms with Crippen LogP contribution < -0.4 is 4.74 Å². The Bertz CT molecular complexity index is 2080. The molecule has 2 bridgehead atoms. The minimum Gasteiger partial charge on any atom is -0.487 e. The minimum atomic E-state index is -1.05. The Morgan fingerprint density at radius 3 is 2.61 bits per heavy atom. The van der Waals surface area contributed by atoms with Crippen LogP contribution in [0.4, 0.5) is 18.9 Å². The summed E-state index contributed by atoms with van der Waals surface area (Å²) in [5, 5.41) is 11.4. The molecule has 3 unspecified atom stereocenters. The monoisotopic (exact) mass is 590 g/mol. The van der Waals surface area contributed by atoms with E-state index in [1.54, 1.807) is 6.07 Å². The van der Waals surface area contributed by atoms with Gasteiger partial charge in [0.15, 0.2) is 11.6 Å². The Kier molecular flexibility index (Phi) is 5.76. The highest BCUT2D eigenvalue weighted by Gasteiger charge is 2.70. The smallest absolute Gasteiger partial charge is 0.308 e. The van der Waals surface area contributed by atoms with Gasteiger partial charge < -0.3 is 9.84 Å². The molecule has 4 atom stereocenters. The number of carbonyl (C=O) groups is 1. The molecule has 1 aromatic heterocycles. The van der Waals surface area contributed by atoms with E-state index in [0.29, 0.717) is 40.3 Å². The summed E-state index contributed by atoms with van der Waals surface area (Å²) in [4.78, 5) is 22.2. The molecular formula is C36H25F3N2O3. The van der Waals surface area contributed by atoms with Gasteiger partial charge in [0, 0.05) is 34.4 Å². The Hall–Kier alpha value is -4.98. The van der Waals surface area contributed by atoms with Crippen molar-refractivity contribution in [3.8, 4) is 16.9 Å². The number of hydrogen-bond acceptors (Lipinski definition) is 4. The van der Waals surface area contributed by atoms with Crippen LogP contribution in [0.5, 0.6) is 5.75 Å². The molecule has 1 saturated carbocycles. The average Bonchev–Trinajstić information content (AvgIpc) is 3.50. The summed E-state index contributed by atoms with van der Waals surface area (Å²) in [7, 11) is 0. The molecule has 0 spiro atoms. The van der Waals surface area contributed by atoms with E-state index in [9.17, 15) is 18.7 Å². The van der Waals surface area contributed by atoms with Gasteiger partial charge in [0.05, 0.1) is 22.8 Å². The molecule has 218 valence electrons. The molecule has 3 aliphatic rings. The second-order valence-corrected chi connectivity index (χ2v) is 12.0. The summed E-state index contributed by atoms with van der Waals surface area (Å²) < 4.78 is 49.7. The van der Waals surface area contributed by atoms with Gasteiger partial charge in [0.1, 0.15) is 18.2 Å². The fourth-order valence-electron chi connectivity index (χ4n) is 7.30. The number of rotatable bonds is 5. The van der Waals surface area contributed by atoms with E-state index < -0.39 is 40.7 Å². The lowest BCUT2D eigenvalue weighted by Gasteiger charge is -2.25. The van der Waals surface area contributed by atoms with Crippen molar-refractivity contribution in [3.05, 3.63) is 125 Å². The first-order valence-electron chi connectivity index (χ1n) is 14.4. The lowest BCUT2D eigenvalue weighted by Crippen LogP contribution is -2.22. The van der Waals surface area contributed by atoms with Crippen LogP contribution in [0.2, 0.25) is 0 Å². The zero-order valence-corrected chi connectivity index (χ0v) is 23.5. The standard InChI is InChI=1S/C36H25F3N2O3/c1-36-26-13-20(28(38)16-24(26)19-7-11-27(37)29(39)14-19)12-25-23-10-9-22(15-31(23)41-34(25)32(36)33(36)35(42)43)44-17-21-8-6-18-4-2-3-5-30(18)40-21/h2-11,13-16,25,32-33H,12,17H2,1H3,(H,42,43)/t25?,32?,33-,36?/m1/s1. The van der Waals surface area contributed by atoms with Crippen LogP contribution in [0.3, 0.4) is 0 Å². The molecule has 0 saturated heterocycles. The van der Waals surface area contributed by atoms with Crippen molar-refractivity contribution in [3.63, 3.8) is 0 Å². The van der Waals surface area contributed by atoms with Gasteiger partial charge in [-0.25, -0.2) is 18.2 Å². The number of benzene rings is 4. The molecule has 8 heteroatoms. The van der Waals surface area contributed by atoms with E-state index >= 15 is 4.39 Å². The number of aromatic nitrogens is 1. The number of carboxylic acids is 1. The SMILES string of the molecule is CC12c3cc(c(F)cc3-c3ccc(F)c(F)c3)CC3C(=Nc4cc(OCc5ccc6ccccc6n5)ccc43)C1[C@@H]2C(=O)O. The Morgan fingerprint density at radius 2 is 1.80 bits per heavy atom. The number of pyridine rings is 1. The van der Waals surface area contributed by atoms with Gasteiger partial charge >= 0.3 is 5.97 Å². The highest BCUT2D eigenvalue weighted by atomic mass is 19.2. The van der Waals surface area contributed by atoms with Crippen molar-refractivity contribution < 1.29 is 27.8 Å². The quantitative estimate of drug-likeness (QED) is 0.226. The van der Waals surface area contributed by atoms with E-state index in [2.05, 4.69) is 4.98 Å². The molecule has 4 aromatic carbocycles. The number of nitrogens with zero attached hydrogens (tertiary/aromatic N) is 2. The van der Waals surface area contributed by atoms with Crippen molar-refractivity contribution in [2.75, 3.05) is 0 Å². The van der Waals surface area contributed by atoms with Crippen molar-refractivity contribution in [2.45, 2.75) is 31.3 Å². The normalized spacial score (nSPS) is 22.7. The molecule has 1 aliphatic heterocycles. The molecule has 5 aromatic rings. The third-order valence-corrected chi connectivity index (χ3v) is 9.55. The second kappa shape index (κ2) is 9.51. The Morgan fingerprint density at radius 1 is 0.955 bits per heavy atom. The van der Waals surface area contributed by atoms with Gasteiger partial charge in [0.25, 0.3) is 0 Å². The van der Waals surface area contributed by atoms with E-state index in [0.717, 1.165) is 34.3 Å². The fourth-order valence-corrected chi connectivity index (χ4v) is 7.30. The number of halogens is 3. The van der Waals surface area contributed by atoms with Gasteiger partial charge in [-0.3, -0.25) is 9.79 Å². The first-order chi connectivity index (χ1) is 21.2. The molecule has 0 radical (unpaired) electrons. The minimum absolute atomic E-state index is 0.259. The summed E-state index contributed by atoms with van der Waals surface area (Å²) in [5.41, 5.74) is 4.67. The maximum Gasteiger partial charge on any atom is 0.308 e. The van der Waals surface area contributed by atoms with E-state index in [1.165, 1.54) is 12.1 Å². The van der Waals surface area contributed by atoms with E-state index in [-0.39, 0.29) is 18.1 Å². The number of para-hydroxylation sites is 1. The summed E-state index contributed by atoms with van der Waals surface area (Å²) >= 11 is 0. The lowest BCUT2D eigenvalue weighted by atomic mass is 9.78. The van der Waals surface area contributed by atoms with Gasteiger partial charge in [-0.2, -0.15) is 0 Å². The van der Waals surface area contributed by atoms with Crippen LogP contribution in [-0.2, 0) is 23.2 Å². The second-order valence-electron chi connectivity index (χ2n) is 12.0. The number of carboxylic acid groups (broad SMARTS) is 1. The highest BCUT2D eigenvalue weighted by molar-refractivity contribution is 6.07. The van der Waals surface area contributed by atoms with Gasteiger partial charge in [-0.05, 0) is 70.6 Å². The molecule has 1 fully saturated rings. The highest BCUT2D eigenvalue weighted by Crippen LogP contribution is 2.66. The number of hydrogen-bond donors (Lipinski definition) is 1. The van der Waals surface area contributed by atoms with Crippen LogP contribution in [0.1, 0.15) is 35.2 Å².